The maximum Gasteiger partial charge on any atom is 1.00 e. The van der Waals surface area contributed by atoms with Crippen molar-refractivity contribution >= 4 is 23.3 Å². The van der Waals surface area contributed by atoms with Crippen LogP contribution in [0.15, 0.2) is 42.1 Å². The SMILES string of the molecule is CCOC(=O)N1CCC(=C2c3ccc(Cl)cc3CCc3cccnc32)CC1.[Na+]. The molecule has 140 valence electrons. The molecule has 28 heavy (non-hydrogen) atoms. The first kappa shape index (κ1) is 21.4. The zero-order valence-electron chi connectivity index (χ0n) is 16.5. The summed E-state index contributed by atoms with van der Waals surface area (Å²) >= 11 is 6.27. The molecule has 1 aromatic carbocycles. The van der Waals surface area contributed by atoms with E-state index in [4.69, 9.17) is 21.3 Å². The topological polar surface area (TPSA) is 42.4 Å². The van der Waals surface area contributed by atoms with Crippen molar-refractivity contribution in [2.45, 2.75) is 32.6 Å². The van der Waals surface area contributed by atoms with E-state index in [9.17, 15) is 4.79 Å². The average Bonchev–Trinajstić information content (AvgIpc) is 2.85. The number of carbonyl (C=O) groups excluding carboxylic acids is 1. The second-order valence-electron chi connectivity index (χ2n) is 6.98. The number of benzene rings is 1. The molecule has 1 aliphatic carbocycles. The minimum absolute atomic E-state index is 0. The van der Waals surface area contributed by atoms with Crippen LogP contribution in [-0.4, -0.2) is 35.7 Å². The van der Waals surface area contributed by atoms with Gasteiger partial charge >= 0.3 is 35.7 Å². The summed E-state index contributed by atoms with van der Waals surface area (Å²) in [4.78, 5) is 18.6. The summed E-state index contributed by atoms with van der Waals surface area (Å²) in [7, 11) is 0. The number of piperidine rings is 1. The van der Waals surface area contributed by atoms with Gasteiger partial charge in [0.25, 0.3) is 0 Å². The number of fused-ring (bicyclic) bond motifs is 2. The van der Waals surface area contributed by atoms with Gasteiger partial charge in [0.1, 0.15) is 0 Å². The maximum atomic E-state index is 12.0. The van der Waals surface area contributed by atoms with Crippen molar-refractivity contribution in [1.29, 1.82) is 0 Å². The summed E-state index contributed by atoms with van der Waals surface area (Å²) in [5.41, 5.74) is 7.46. The second-order valence-corrected chi connectivity index (χ2v) is 7.41. The first-order valence-electron chi connectivity index (χ1n) is 9.54. The quantitative estimate of drug-likeness (QED) is 0.680. The van der Waals surface area contributed by atoms with E-state index in [1.54, 1.807) is 4.90 Å². The van der Waals surface area contributed by atoms with Crippen molar-refractivity contribution < 1.29 is 39.1 Å². The molecule has 2 heterocycles. The van der Waals surface area contributed by atoms with Crippen molar-refractivity contribution in [3.8, 4) is 0 Å². The number of halogens is 1. The second kappa shape index (κ2) is 9.45. The Morgan fingerprint density at radius 1 is 1.14 bits per heavy atom. The van der Waals surface area contributed by atoms with Crippen molar-refractivity contribution in [3.63, 3.8) is 0 Å². The third-order valence-electron chi connectivity index (χ3n) is 5.37. The van der Waals surface area contributed by atoms with Gasteiger partial charge < -0.3 is 9.64 Å². The minimum Gasteiger partial charge on any atom is -0.450 e. The van der Waals surface area contributed by atoms with Gasteiger partial charge in [-0.05, 0) is 67.5 Å². The van der Waals surface area contributed by atoms with Gasteiger partial charge in [-0.1, -0.05) is 29.3 Å². The number of pyridine rings is 1. The summed E-state index contributed by atoms with van der Waals surface area (Å²) in [6.07, 6.45) is 5.25. The van der Waals surface area contributed by atoms with E-state index in [0.29, 0.717) is 19.7 Å². The normalized spacial score (nSPS) is 15.9. The summed E-state index contributed by atoms with van der Waals surface area (Å²) in [5.74, 6) is 0. The fraction of sp³-hybridized carbons (Fsp3) is 0.364. The first-order chi connectivity index (χ1) is 13.2. The summed E-state index contributed by atoms with van der Waals surface area (Å²) in [6, 6.07) is 10.3. The molecule has 0 bridgehead atoms. The number of rotatable bonds is 1. The van der Waals surface area contributed by atoms with Crippen molar-refractivity contribution in [2.75, 3.05) is 19.7 Å². The van der Waals surface area contributed by atoms with Gasteiger partial charge in [0, 0.05) is 29.9 Å². The summed E-state index contributed by atoms with van der Waals surface area (Å²) in [5, 5.41) is 0.772. The van der Waals surface area contributed by atoms with E-state index in [1.165, 1.54) is 27.8 Å². The summed E-state index contributed by atoms with van der Waals surface area (Å²) < 4.78 is 5.15. The van der Waals surface area contributed by atoms with E-state index in [2.05, 4.69) is 18.2 Å². The monoisotopic (exact) mass is 405 g/mol. The molecule has 1 fully saturated rings. The predicted octanol–water partition coefficient (Wildman–Crippen LogP) is 1.89. The largest absolute Gasteiger partial charge is 1.00 e. The van der Waals surface area contributed by atoms with Gasteiger partial charge in [0.15, 0.2) is 0 Å². The molecule has 4 nitrogen and oxygen atoms in total. The molecule has 0 saturated carbocycles. The Bertz CT molecular complexity index is 903. The number of likely N-dealkylation sites (tertiary alicyclic amines) is 1. The predicted molar refractivity (Wildman–Crippen MR) is 107 cm³/mol. The molecule has 2 aromatic rings. The van der Waals surface area contributed by atoms with E-state index < -0.39 is 0 Å². The van der Waals surface area contributed by atoms with Crippen molar-refractivity contribution in [2.24, 2.45) is 0 Å². The Balaban J connectivity index is 0.00000225. The Morgan fingerprint density at radius 3 is 2.64 bits per heavy atom. The van der Waals surface area contributed by atoms with E-state index >= 15 is 0 Å². The van der Waals surface area contributed by atoms with Crippen molar-refractivity contribution in [1.82, 2.24) is 9.88 Å². The number of nitrogens with zero attached hydrogens (tertiary/aromatic N) is 2. The Labute approximate surface area is 193 Å². The van der Waals surface area contributed by atoms with Gasteiger partial charge in [-0.25, -0.2) is 4.79 Å². The molecule has 0 radical (unpaired) electrons. The molecule has 0 unspecified atom stereocenters. The first-order valence-corrected chi connectivity index (χ1v) is 9.92. The van der Waals surface area contributed by atoms with Crippen LogP contribution in [-0.2, 0) is 17.6 Å². The van der Waals surface area contributed by atoms with Gasteiger partial charge in [-0.2, -0.15) is 0 Å². The number of aryl methyl sites for hydroxylation is 2. The van der Waals surface area contributed by atoms with Crippen LogP contribution < -0.4 is 29.6 Å². The minimum atomic E-state index is -0.215. The number of hydrogen-bond acceptors (Lipinski definition) is 3. The van der Waals surface area contributed by atoms with Crippen LogP contribution in [0.5, 0.6) is 0 Å². The fourth-order valence-electron chi connectivity index (χ4n) is 4.06. The third kappa shape index (κ3) is 4.30. The Kier molecular flexibility index (Phi) is 7.21. The molecule has 4 rings (SSSR count). The standard InChI is InChI=1S/C22H23ClN2O2.Na/c1-2-27-22(26)25-12-9-15(10-13-25)20-19-8-7-18(23)14-17(19)6-5-16-4-3-11-24-21(16)20;/h3-4,7-8,11,14H,2,5-6,9-10,12-13H2,1H3;/q;+1. The van der Waals surface area contributed by atoms with E-state index in [0.717, 1.165) is 36.4 Å². The van der Waals surface area contributed by atoms with Gasteiger partial charge in [-0.3, -0.25) is 4.98 Å². The molecule has 1 amide bonds. The number of aromatic nitrogens is 1. The van der Waals surface area contributed by atoms with Crippen LogP contribution in [0.3, 0.4) is 0 Å². The number of hydrogen-bond donors (Lipinski definition) is 0. The zero-order chi connectivity index (χ0) is 18.8. The maximum absolute atomic E-state index is 12.0. The molecule has 0 N–H and O–H groups in total. The van der Waals surface area contributed by atoms with E-state index in [-0.39, 0.29) is 35.7 Å². The van der Waals surface area contributed by atoms with E-state index in [1.807, 2.05) is 25.3 Å². The summed E-state index contributed by atoms with van der Waals surface area (Å²) in [6.45, 7) is 3.62. The van der Waals surface area contributed by atoms with Crippen LogP contribution >= 0.6 is 11.6 Å². The van der Waals surface area contributed by atoms with Crippen LogP contribution in [0, 0.1) is 0 Å². The number of amides is 1. The molecule has 0 spiro atoms. The van der Waals surface area contributed by atoms with Crippen LogP contribution in [0.25, 0.3) is 5.57 Å². The molecule has 6 heteroatoms. The molecule has 1 aromatic heterocycles. The Hall–Kier alpha value is -1.33. The van der Waals surface area contributed by atoms with Crippen LogP contribution in [0.4, 0.5) is 4.79 Å². The Morgan fingerprint density at radius 2 is 1.89 bits per heavy atom. The smallest absolute Gasteiger partial charge is 0.450 e. The van der Waals surface area contributed by atoms with Gasteiger partial charge in [-0.15, -0.1) is 0 Å². The molecule has 1 aliphatic heterocycles. The zero-order valence-corrected chi connectivity index (χ0v) is 19.3. The number of ether oxygens (including phenoxy) is 1. The molecular formula is C22H23ClN2NaO2+. The fourth-order valence-corrected chi connectivity index (χ4v) is 4.25. The average molecular weight is 406 g/mol. The van der Waals surface area contributed by atoms with Crippen LogP contribution in [0.1, 0.15) is 42.1 Å². The molecule has 2 aliphatic rings. The molecule has 0 atom stereocenters. The molecule has 1 saturated heterocycles. The van der Waals surface area contributed by atoms with Gasteiger partial charge in [0.05, 0.1) is 12.3 Å². The molecular weight excluding hydrogens is 383 g/mol. The third-order valence-corrected chi connectivity index (χ3v) is 5.61. The van der Waals surface area contributed by atoms with Crippen molar-refractivity contribution in [3.05, 3.63) is 69.5 Å². The van der Waals surface area contributed by atoms with Gasteiger partial charge in [0.2, 0.25) is 0 Å². The van der Waals surface area contributed by atoms with Crippen LogP contribution in [0.2, 0.25) is 5.02 Å². The number of carbonyl (C=O) groups is 1.